The van der Waals surface area contributed by atoms with E-state index in [-0.39, 0.29) is 36.2 Å². The number of carbonyl (C=O) groups is 1. The summed E-state index contributed by atoms with van der Waals surface area (Å²) in [6, 6.07) is 7.71. The van der Waals surface area contributed by atoms with Crippen LogP contribution in [0.25, 0.3) is 0 Å². The first-order valence-electron chi connectivity index (χ1n) is 8.94. The molecule has 5 nitrogen and oxygen atoms in total. The number of aliphatic hydroxyl groups excluding tert-OH is 1. The predicted molar refractivity (Wildman–Crippen MR) is 93.0 cm³/mol. The number of ether oxygens (including phenoxy) is 1. The van der Waals surface area contributed by atoms with Gasteiger partial charge in [0.05, 0.1) is 6.04 Å². The normalized spacial score (nSPS) is 28.4. The third-order valence-electron chi connectivity index (χ3n) is 5.14. The molecule has 0 saturated heterocycles. The Morgan fingerprint density at radius 1 is 1.25 bits per heavy atom. The molecule has 2 amide bonds. The summed E-state index contributed by atoms with van der Waals surface area (Å²) in [4.78, 5) is 12.5. The largest absolute Gasteiger partial charge is 0.487 e. The molecular weight excluding hydrogens is 304 g/mol. The van der Waals surface area contributed by atoms with Gasteiger partial charge >= 0.3 is 6.03 Å². The molecule has 0 bridgehead atoms. The minimum atomic E-state index is -0.315. The lowest BCUT2D eigenvalue weighted by molar-refractivity contribution is 0.0675. The molecule has 0 radical (unpaired) electrons. The van der Waals surface area contributed by atoms with Crippen molar-refractivity contribution in [1.82, 2.24) is 10.6 Å². The van der Waals surface area contributed by atoms with Gasteiger partial charge in [-0.05, 0) is 32.8 Å². The maximum Gasteiger partial charge on any atom is 0.315 e. The lowest BCUT2D eigenvalue weighted by Crippen LogP contribution is -2.50. The second-order valence-electron chi connectivity index (χ2n) is 7.61. The van der Waals surface area contributed by atoms with Crippen LogP contribution in [-0.4, -0.2) is 29.4 Å². The molecule has 132 valence electrons. The molecule has 24 heavy (non-hydrogen) atoms. The molecule has 1 fully saturated rings. The van der Waals surface area contributed by atoms with Gasteiger partial charge in [0, 0.05) is 30.6 Å². The summed E-state index contributed by atoms with van der Waals surface area (Å²) < 4.78 is 6.01. The van der Waals surface area contributed by atoms with Gasteiger partial charge in [-0.25, -0.2) is 4.79 Å². The number of hydrogen-bond acceptors (Lipinski definition) is 3. The van der Waals surface area contributed by atoms with Crippen molar-refractivity contribution in [2.75, 3.05) is 6.61 Å². The highest BCUT2D eigenvalue weighted by Crippen LogP contribution is 2.39. The standard InChI is InChI=1S/C19H28N2O3/c1-19(2)11-16(14-8-4-6-10-17(14)24-19)21-18(23)20-15-9-5-3-7-13(15)12-22/h4,6,8,10,13,15-16,22H,3,5,7,9,11-12H2,1-2H3,(H2,20,21,23). The van der Waals surface area contributed by atoms with E-state index in [1.807, 2.05) is 38.1 Å². The molecule has 1 aliphatic heterocycles. The van der Waals surface area contributed by atoms with Crippen molar-refractivity contribution in [2.45, 2.75) is 63.6 Å². The second kappa shape index (κ2) is 7.01. The van der Waals surface area contributed by atoms with E-state index < -0.39 is 0 Å². The third kappa shape index (κ3) is 3.83. The fraction of sp³-hybridized carbons (Fsp3) is 0.632. The zero-order valence-electron chi connectivity index (χ0n) is 14.5. The van der Waals surface area contributed by atoms with Crippen LogP contribution >= 0.6 is 0 Å². The van der Waals surface area contributed by atoms with Crippen molar-refractivity contribution in [3.8, 4) is 5.75 Å². The number of benzene rings is 1. The number of fused-ring (bicyclic) bond motifs is 1. The van der Waals surface area contributed by atoms with Gasteiger partial charge in [-0.15, -0.1) is 0 Å². The van der Waals surface area contributed by atoms with E-state index in [0.29, 0.717) is 0 Å². The smallest absolute Gasteiger partial charge is 0.315 e. The Morgan fingerprint density at radius 2 is 2.00 bits per heavy atom. The fourth-order valence-electron chi connectivity index (χ4n) is 3.92. The van der Waals surface area contributed by atoms with Crippen LogP contribution < -0.4 is 15.4 Å². The number of rotatable bonds is 3. The van der Waals surface area contributed by atoms with Crippen LogP contribution in [0.15, 0.2) is 24.3 Å². The molecule has 0 aromatic heterocycles. The van der Waals surface area contributed by atoms with Gasteiger partial charge < -0.3 is 20.5 Å². The third-order valence-corrected chi connectivity index (χ3v) is 5.14. The zero-order chi connectivity index (χ0) is 17.2. The highest BCUT2D eigenvalue weighted by Gasteiger charge is 2.35. The second-order valence-corrected chi connectivity index (χ2v) is 7.61. The SMILES string of the molecule is CC1(C)CC(NC(=O)NC2CCCCC2CO)c2ccccc2O1. The van der Waals surface area contributed by atoms with Crippen molar-refractivity contribution in [3.63, 3.8) is 0 Å². The van der Waals surface area contributed by atoms with Crippen molar-refractivity contribution in [2.24, 2.45) is 5.92 Å². The fourth-order valence-corrected chi connectivity index (χ4v) is 3.92. The lowest BCUT2D eigenvalue weighted by Gasteiger charge is -2.38. The number of urea groups is 1. The molecule has 1 aromatic carbocycles. The van der Waals surface area contributed by atoms with Crippen molar-refractivity contribution in [1.29, 1.82) is 0 Å². The molecule has 2 aliphatic rings. The van der Waals surface area contributed by atoms with E-state index >= 15 is 0 Å². The van der Waals surface area contributed by atoms with E-state index in [1.54, 1.807) is 0 Å². The number of amides is 2. The number of para-hydroxylation sites is 1. The molecule has 1 saturated carbocycles. The first kappa shape index (κ1) is 17.1. The van der Waals surface area contributed by atoms with Gasteiger partial charge in [-0.3, -0.25) is 0 Å². The summed E-state index contributed by atoms with van der Waals surface area (Å²) in [6.07, 6.45) is 4.88. The minimum absolute atomic E-state index is 0.0619. The van der Waals surface area contributed by atoms with Crippen LogP contribution in [0.1, 0.15) is 57.6 Å². The quantitative estimate of drug-likeness (QED) is 0.796. The van der Waals surface area contributed by atoms with Gasteiger partial charge in [-0.2, -0.15) is 0 Å². The molecule has 1 aromatic rings. The number of carbonyl (C=O) groups excluding carboxylic acids is 1. The van der Waals surface area contributed by atoms with Crippen LogP contribution in [0.4, 0.5) is 4.79 Å². The van der Waals surface area contributed by atoms with Crippen LogP contribution in [0.2, 0.25) is 0 Å². The molecule has 3 atom stereocenters. The van der Waals surface area contributed by atoms with Gasteiger partial charge in [0.1, 0.15) is 11.4 Å². The molecule has 3 N–H and O–H groups in total. The molecule has 5 heteroatoms. The van der Waals surface area contributed by atoms with E-state index in [4.69, 9.17) is 4.74 Å². The Labute approximate surface area is 143 Å². The van der Waals surface area contributed by atoms with Crippen LogP contribution in [0.3, 0.4) is 0 Å². The van der Waals surface area contributed by atoms with Crippen LogP contribution in [-0.2, 0) is 0 Å². The van der Waals surface area contributed by atoms with Crippen LogP contribution in [0.5, 0.6) is 5.75 Å². The molecular formula is C19H28N2O3. The summed E-state index contributed by atoms with van der Waals surface area (Å²) in [6.45, 7) is 4.22. The average molecular weight is 332 g/mol. The topological polar surface area (TPSA) is 70.6 Å². The average Bonchev–Trinajstić information content (AvgIpc) is 2.54. The molecule has 1 aliphatic carbocycles. The maximum absolute atomic E-state index is 12.5. The number of hydrogen-bond donors (Lipinski definition) is 3. The maximum atomic E-state index is 12.5. The summed E-state index contributed by atoms with van der Waals surface area (Å²) >= 11 is 0. The van der Waals surface area contributed by atoms with Crippen molar-refractivity contribution in [3.05, 3.63) is 29.8 Å². The van der Waals surface area contributed by atoms with Crippen molar-refractivity contribution >= 4 is 6.03 Å². The Hall–Kier alpha value is -1.75. The number of aliphatic hydroxyl groups is 1. The predicted octanol–water partition coefficient (Wildman–Crippen LogP) is 3.14. The van der Waals surface area contributed by atoms with Gasteiger partial charge in [0.2, 0.25) is 0 Å². The summed E-state index contributed by atoms with van der Waals surface area (Å²) in [5.74, 6) is 1.01. The Kier molecular flexibility index (Phi) is 4.99. The van der Waals surface area contributed by atoms with Gasteiger partial charge in [0.25, 0.3) is 0 Å². The summed E-state index contributed by atoms with van der Waals surface area (Å²) in [5, 5.41) is 15.7. The Morgan fingerprint density at radius 3 is 2.79 bits per heavy atom. The highest BCUT2D eigenvalue weighted by atomic mass is 16.5. The van der Waals surface area contributed by atoms with Gasteiger partial charge in [0.15, 0.2) is 0 Å². The Bertz CT molecular complexity index is 588. The Balaban J connectivity index is 1.67. The molecule has 3 unspecified atom stereocenters. The van der Waals surface area contributed by atoms with Crippen LogP contribution in [0, 0.1) is 5.92 Å². The summed E-state index contributed by atoms with van der Waals surface area (Å²) in [5.41, 5.74) is 0.708. The first-order chi connectivity index (χ1) is 11.5. The van der Waals surface area contributed by atoms with Crippen molar-refractivity contribution < 1.29 is 14.6 Å². The monoisotopic (exact) mass is 332 g/mol. The molecule has 1 heterocycles. The van der Waals surface area contributed by atoms with E-state index in [9.17, 15) is 9.90 Å². The minimum Gasteiger partial charge on any atom is -0.487 e. The molecule has 0 spiro atoms. The lowest BCUT2D eigenvalue weighted by atomic mass is 9.85. The number of nitrogens with one attached hydrogen (secondary N) is 2. The van der Waals surface area contributed by atoms with E-state index in [1.165, 1.54) is 0 Å². The summed E-state index contributed by atoms with van der Waals surface area (Å²) in [7, 11) is 0. The highest BCUT2D eigenvalue weighted by molar-refractivity contribution is 5.75. The van der Waals surface area contributed by atoms with Gasteiger partial charge in [-0.1, -0.05) is 31.0 Å². The van der Waals surface area contributed by atoms with E-state index in [0.717, 1.165) is 43.4 Å². The molecule has 3 rings (SSSR count). The van der Waals surface area contributed by atoms with E-state index in [2.05, 4.69) is 10.6 Å². The first-order valence-corrected chi connectivity index (χ1v) is 8.94. The zero-order valence-corrected chi connectivity index (χ0v) is 14.5.